The molecule has 1 heterocycles. The van der Waals surface area contributed by atoms with Gasteiger partial charge in [-0.15, -0.1) is 0 Å². The summed E-state index contributed by atoms with van der Waals surface area (Å²) in [5.41, 5.74) is 2.38. The summed E-state index contributed by atoms with van der Waals surface area (Å²) in [6.45, 7) is 1.53. The Bertz CT molecular complexity index is 984. The number of amidine groups is 1. The lowest BCUT2D eigenvalue weighted by Crippen LogP contribution is -2.19. The summed E-state index contributed by atoms with van der Waals surface area (Å²) in [4.78, 5) is 27.9. The summed E-state index contributed by atoms with van der Waals surface area (Å²) < 4.78 is 10.5. The topological polar surface area (TPSA) is 97.2 Å². The summed E-state index contributed by atoms with van der Waals surface area (Å²) in [6.07, 6.45) is 1.70. The highest BCUT2D eigenvalue weighted by atomic mass is 32.2. The molecule has 0 aromatic heterocycles. The van der Waals surface area contributed by atoms with E-state index < -0.39 is 12.6 Å². The standard InChI is InChI=1S/C20H18N2O5S/c1-12-6-7-16(26-2)15(8-12)21-20-22-19(25)17(28-20)10-13-4-3-5-14(9-13)27-11-18(23)24/h3-10H,11H2,1-2H3,(H,23,24)(H,21,22,25)/b17-10-. The molecule has 0 saturated carbocycles. The Morgan fingerprint density at radius 1 is 1.29 bits per heavy atom. The average molecular weight is 398 g/mol. The lowest BCUT2D eigenvalue weighted by atomic mass is 10.2. The van der Waals surface area contributed by atoms with Gasteiger partial charge in [0.1, 0.15) is 17.2 Å². The fourth-order valence-electron chi connectivity index (χ4n) is 2.47. The molecule has 0 aliphatic carbocycles. The van der Waals surface area contributed by atoms with E-state index in [-0.39, 0.29) is 5.91 Å². The molecule has 1 aliphatic heterocycles. The van der Waals surface area contributed by atoms with Gasteiger partial charge in [-0.05, 0) is 60.2 Å². The van der Waals surface area contributed by atoms with Gasteiger partial charge < -0.3 is 19.9 Å². The third kappa shape index (κ3) is 4.92. The smallest absolute Gasteiger partial charge is 0.341 e. The number of hydrogen-bond donors (Lipinski definition) is 2. The molecule has 0 spiro atoms. The summed E-state index contributed by atoms with van der Waals surface area (Å²) in [5, 5.41) is 11.9. The van der Waals surface area contributed by atoms with Crippen molar-refractivity contribution in [2.75, 3.05) is 13.7 Å². The Labute approximate surface area is 166 Å². The van der Waals surface area contributed by atoms with Crippen molar-refractivity contribution in [2.24, 2.45) is 4.99 Å². The number of thioether (sulfide) groups is 1. The number of methoxy groups -OCH3 is 1. The normalized spacial score (nSPS) is 16.3. The van der Waals surface area contributed by atoms with E-state index in [4.69, 9.17) is 14.6 Å². The minimum absolute atomic E-state index is 0.257. The van der Waals surface area contributed by atoms with Crippen molar-refractivity contribution < 1.29 is 24.2 Å². The van der Waals surface area contributed by atoms with Crippen LogP contribution in [0.5, 0.6) is 11.5 Å². The summed E-state index contributed by atoms with van der Waals surface area (Å²) >= 11 is 1.22. The number of carboxylic acids is 1. The van der Waals surface area contributed by atoms with E-state index in [1.807, 2.05) is 25.1 Å². The van der Waals surface area contributed by atoms with Crippen molar-refractivity contribution in [2.45, 2.75) is 6.92 Å². The number of carbonyl (C=O) groups excluding carboxylic acids is 1. The Balaban J connectivity index is 1.80. The summed E-state index contributed by atoms with van der Waals surface area (Å²) in [7, 11) is 1.57. The van der Waals surface area contributed by atoms with Crippen molar-refractivity contribution in [3.63, 3.8) is 0 Å². The van der Waals surface area contributed by atoms with E-state index in [0.717, 1.165) is 11.1 Å². The molecule has 8 heteroatoms. The predicted molar refractivity (Wildman–Crippen MR) is 108 cm³/mol. The number of aliphatic carboxylic acids is 1. The van der Waals surface area contributed by atoms with E-state index in [1.54, 1.807) is 37.5 Å². The van der Waals surface area contributed by atoms with E-state index in [2.05, 4.69) is 10.3 Å². The second-order valence-corrected chi connectivity index (χ2v) is 6.94. The maximum Gasteiger partial charge on any atom is 0.341 e. The number of carboxylic acid groups (broad SMARTS) is 1. The van der Waals surface area contributed by atoms with Crippen molar-refractivity contribution in [1.82, 2.24) is 5.32 Å². The van der Waals surface area contributed by atoms with Crippen LogP contribution in [0, 0.1) is 6.92 Å². The zero-order valence-corrected chi connectivity index (χ0v) is 16.1. The van der Waals surface area contributed by atoms with Crippen molar-refractivity contribution in [3.05, 3.63) is 58.5 Å². The molecule has 3 rings (SSSR count). The second kappa shape index (κ2) is 8.62. The van der Waals surface area contributed by atoms with Crippen LogP contribution in [0.15, 0.2) is 52.4 Å². The van der Waals surface area contributed by atoms with Crippen molar-refractivity contribution >= 4 is 40.6 Å². The van der Waals surface area contributed by atoms with Gasteiger partial charge in [0, 0.05) is 0 Å². The molecule has 0 atom stereocenters. The molecule has 1 amide bonds. The molecular formula is C20H18N2O5S. The second-order valence-electron chi connectivity index (χ2n) is 5.91. The van der Waals surface area contributed by atoms with Gasteiger partial charge in [0.2, 0.25) is 0 Å². The number of benzene rings is 2. The van der Waals surface area contributed by atoms with Crippen LogP contribution in [0.4, 0.5) is 5.69 Å². The largest absolute Gasteiger partial charge is 0.494 e. The first-order valence-corrected chi connectivity index (χ1v) is 9.15. The maximum atomic E-state index is 12.3. The number of carbonyl (C=O) groups is 2. The highest BCUT2D eigenvalue weighted by Crippen LogP contribution is 2.33. The van der Waals surface area contributed by atoms with Crippen LogP contribution in [0.3, 0.4) is 0 Å². The molecule has 1 fully saturated rings. The molecule has 144 valence electrons. The van der Waals surface area contributed by atoms with Crippen molar-refractivity contribution in [3.8, 4) is 11.5 Å². The van der Waals surface area contributed by atoms with Gasteiger partial charge in [0.25, 0.3) is 5.91 Å². The summed E-state index contributed by atoms with van der Waals surface area (Å²) in [5.74, 6) is -0.277. The quantitative estimate of drug-likeness (QED) is 0.724. The van der Waals surface area contributed by atoms with Crippen LogP contribution in [0.1, 0.15) is 11.1 Å². The number of hydrogen-bond acceptors (Lipinski definition) is 6. The predicted octanol–water partition coefficient (Wildman–Crippen LogP) is 3.36. The third-order valence-corrected chi connectivity index (χ3v) is 4.64. The number of nitrogens with one attached hydrogen (secondary N) is 1. The molecule has 7 nitrogen and oxygen atoms in total. The van der Waals surface area contributed by atoms with E-state index in [1.165, 1.54) is 11.8 Å². The highest BCUT2D eigenvalue weighted by molar-refractivity contribution is 8.18. The number of amides is 1. The van der Waals surface area contributed by atoms with E-state index in [0.29, 0.717) is 27.3 Å². The summed E-state index contributed by atoms with van der Waals surface area (Å²) in [6, 6.07) is 12.5. The number of ether oxygens (including phenoxy) is 2. The number of nitrogens with zero attached hydrogens (tertiary/aromatic N) is 1. The fourth-order valence-corrected chi connectivity index (χ4v) is 3.30. The molecule has 0 bridgehead atoms. The highest BCUT2D eigenvalue weighted by Gasteiger charge is 2.24. The Morgan fingerprint density at radius 2 is 2.11 bits per heavy atom. The van der Waals surface area contributed by atoms with Crippen LogP contribution in [-0.2, 0) is 9.59 Å². The lowest BCUT2D eigenvalue weighted by molar-refractivity contribution is -0.139. The van der Waals surface area contributed by atoms with Crippen LogP contribution < -0.4 is 14.8 Å². The molecule has 1 aliphatic rings. The van der Waals surface area contributed by atoms with E-state index in [9.17, 15) is 9.59 Å². The number of aryl methyl sites for hydroxylation is 1. The SMILES string of the molecule is COc1ccc(C)cc1N=C1NC(=O)/C(=C/c2cccc(OCC(=O)O)c2)S1. The van der Waals surface area contributed by atoms with Crippen molar-refractivity contribution in [1.29, 1.82) is 0 Å². The third-order valence-electron chi connectivity index (χ3n) is 3.73. The molecular weight excluding hydrogens is 380 g/mol. The first-order chi connectivity index (χ1) is 13.4. The zero-order chi connectivity index (χ0) is 20.1. The molecule has 1 saturated heterocycles. The van der Waals surface area contributed by atoms with Gasteiger partial charge in [-0.25, -0.2) is 9.79 Å². The maximum absolute atomic E-state index is 12.3. The zero-order valence-electron chi connectivity index (χ0n) is 15.3. The average Bonchev–Trinajstić information content (AvgIpc) is 2.99. The Hall–Kier alpha value is -3.26. The number of rotatable bonds is 6. The Morgan fingerprint density at radius 3 is 2.86 bits per heavy atom. The monoisotopic (exact) mass is 398 g/mol. The van der Waals surface area contributed by atoms with Gasteiger partial charge in [-0.3, -0.25) is 4.79 Å². The first-order valence-electron chi connectivity index (χ1n) is 8.33. The minimum atomic E-state index is -1.05. The van der Waals surface area contributed by atoms with Crippen LogP contribution in [0.2, 0.25) is 0 Å². The molecule has 2 aromatic carbocycles. The lowest BCUT2D eigenvalue weighted by Gasteiger charge is -2.05. The van der Waals surface area contributed by atoms with E-state index >= 15 is 0 Å². The molecule has 2 N–H and O–H groups in total. The van der Waals surface area contributed by atoms with Gasteiger partial charge in [0.05, 0.1) is 12.0 Å². The molecule has 28 heavy (non-hydrogen) atoms. The van der Waals surface area contributed by atoms with Gasteiger partial charge >= 0.3 is 5.97 Å². The van der Waals surface area contributed by atoms with Gasteiger partial charge in [0.15, 0.2) is 11.8 Å². The molecule has 0 radical (unpaired) electrons. The van der Waals surface area contributed by atoms with Crippen LogP contribution >= 0.6 is 11.8 Å². The first kappa shape index (κ1) is 19.5. The molecule has 0 unspecified atom stereocenters. The van der Waals surface area contributed by atoms with Crippen LogP contribution in [-0.4, -0.2) is 35.9 Å². The fraction of sp³-hybridized carbons (Fsp3) is 0.150. The van der Waals surface area contributed by atoms with Gasteiger partial charge in [-0.1, -0.05) is 18.2 Å². The van der Waals surface area contributed by atoms with Crippen LogP contribution in [0.25, 0.3) is 6.08 Å². The number of aliphatic imine (C=N–C) groups is 1. The minimum Gasteiger partial charge on any atom is -0.494 e. The Kier molecular flexibility index (Phi) is 6.00. The molecule has 2 aromatic rings. The van der Waals surface area contributed by atoms with Gasteiger partial charge in [-0.2, -0.15) is 0 Å².